The SMILES string of the molecule is C=C(C)[C@H]1C[C@H](c2ccccc2Cl)[C@H](c2cccc(F)c2)O[C@@H]1c1ccc(Cl)cc1OCC(=O)O. The van der Waals surface area contributed by atoms with E-state index in [-0.39, 0.29) is 17.7 Å². The van der Waals surface area contributed by atoms with E-state index in [2.05, 4.69) is 6.58 Å². The molecule has 1 heterocycles. The monoisotopic (exact) mass is 514 g/mol. The van der Waals surface area contributed by atoms with E-state index in [9.17, 15) is 9.18 Å². The summed E-state index contributed by atoms with van der Waals surface area (Å²) in [6.45, 7) is 5.62. The van der Waals surface area contributed by atoms with Crippen LogP contribution in [0.2, 0.25) is 10.0 Å². The van der Waals surface area contributed by atoms with Crippen molar-refractivity contribution in [1.29, 1.82) is 0 Å². The molecule has 1 N–H and O–H groups in total. The zero-order valence-corrected chi connectivity index (χ0v) is 20.6. The van der Waals surface area contributed by atoms with Crippen molar-refractivity contribution < 1.29 is 23.8 Å². The fourth-order valence-electron chi connectivity index (χ4n) is 4.69. The molecular formula is C28H25Cl2FO4. The Labute approximate surface area is 213 Å². The number of carbonyl (C=O) groups is 1. The maximum Gasteiger partial charge on any atom is 0.341 e. The fourth-order valence-corrected chi connectivity index (χ4v) is 5.12. The first-order valence-electron chi connectivity index (χ1n) is 11.2. The molecule has 4 nitrogen and oxygen atoms in total. The second-order valence-corrected chi connectivity index (χ2v) is 9.56. The number of benzene rings is 3. The first-order chi connectivity index (χ1) is 16.7. The number of hydrogen-bond donors (Lipinski definition) is 1. The number of ether oxygens (including phenoxy) is 2. The molecule has 0 spiro atoms. The summed E-state index contributed by atoms with van der Waals surface area (Å²) >= 11 is 12.8. The molecule has 0 amide bonds. The average molecular weight is 515 g/mol. The van der Waals surface area contributed by atoms with Crippen LogP contribution in [0.5, 0.6) is 5.75 Å². The number of hydrogen-bond acceptors (Lipinski definition) is 3. The van der Waals surface area contributed by atoms with Crippen LogP contribution in [0.4, 0.5) is 4.39 Å². The van der Waals surface area contributed by atoms with Crippen molar-refractivity contribution in [3.8, 4) is 5.75 Å². The van der Waals surface area contributed by atoms with Gasteiger partial charge in [0, 0.05) is 27.4 Å². The summed E-state index contributed by atoms with van der Waals surface area (Å²) in [7, 11) is 0. The highest BCUT2D eigenvalue weighted by Crippen LogP contribution is 2.54. The van der Waals surface area contributed by atoms with Gasteiger partial charge in [-0.25, -0.2) is 9.18 Å². The standard InChI is InChI=1S/C28H25Cl2FO4/c1-16(2)22-14-23(20-8-3-4-9-24(20)30)27(17-6-5-7-19(31)12-17)35-28(22)21-11-10-18(29)13-25(21)34-15-26(32)33/h3-13,22-23,27-28H,1,14-15H2,2H3,(H,32,33)/t22-,23-,27+,28-/m1/s1. The zero-order chi connectivity index (χ0) is 25.1. The molecule has 0 saturated carbocycles. The largest absolute Gasteiger partial charge is 0.481 e. The van der Waals surface area contributed by atoms with E-state index in [1.54, 1.807) is 24.3 Å². The van der Waals surface area contributed by atoms with Crippen molar-refractivity contribution in [2.45, 2.75) is 31.5 Å². The van der Waals surface area contributed by atoms with Crippen LogP contribution in [0.25, 0.3) is 0 Å². The predicted octanol–water partition coefficient (Wildman–Crippen LogP) is 7.77. The topological polar surface area (TPSA) is 55.8 Å². The minimum atomic E-state index is -1.10. The maximum atomic E-state index is 14.3. The van der Waals surface area contributed by atoms with Crippen LogP contribution in [-0.2, 0) is 9.53 Å². The summed E-state index contributed by atoms with van der Waals surface area (Å²) in [6, 6.07) is 19.0. The van der Waals surface area contributed by atoms with E-state index in [0.29, 0.717) is 33.3 Å². The van der Waals surface area contributed by atoms with Gasteiger partial charge in [0.15, 0.2) is 6.61 Å². The van der Waals surface area contributed by atoms with Crippen LogP contribution in [0.3, 0.4) is 0 Å². The van der Waals surface area contributed by atoms with Crippen molar-refractivity contribution in [2.24, 2.45) is 5.92 Å². The molecule has 182 valence electrons. The molecule has 0 bridgehead atoms. The Morgan fingerprint density at radius 2 is 1.86 bits per heavy atom. The summed E-state index contributed by atoms with van der Waals surface area (Å²) in [6.07, 6.45) is -0.416. The van der Waals surface area contributed by atoms with E-state index in [4.69, 9.17) is 37.8 Å². The minimum Gasteiger partial charge on any atom is -0.481 e. The van der Waals surface area contributed by atoms with E-state index in [0.717, 1.165) is 11.1 Å². The van der Waals surface area contributed by atoms with Crippen molar-refractivity contribution >= 4 is 29.2 Å². The Hall–Kier alpha value is -2.86. The molecule has 4 rings (SSSR count). The molecular weight excluding hydrogens is 490 g/mol. The molecule has 3 aromatic carbocycles. The van der Waals surface area contributed by atoms with Crippen molar-refractivity contribution in [1.82, 2.24) is 0 Å². The molecule has 0 aliphatic carbocycles. The van der Waals surface area contributed by atoms with E-state index in [1.807, 2.05) is 37.3 Å². The number of aliphatic carboxylic acids is 1. The lowest BCUT2D eigenvalue weighted by Gasteiger charge is -2.43. The Kier molecular flexibility index (Phi) is 7.80. The first-order valence-corrected chi connectivity index (χ1v) is 11.9. The van der Waals surface area contributed by atoms with Crippen LogP contribution in [-0.4, -0.2) is 17.7 Å². The summed E-state index contributed by atoms with van der Waals surface area (Å²) < 4.78 is 26.6. The van der Waals surface area contributed by atoms with Crippen LogP contribution >= 0.6 is 23.2 Å². The molecule has 1 saturated heterocycles. The van der Waals surface area contributed by atoms with Gasteiger partial charge >= 0.3 is 5.97 Å². The van der Waals surface area contributed by atoms with Crippen LogP contribution in [0, 0.1) is 11.7 Å². The molecule has 1 aliphatic rings. The summed E-state index contributed by atoms with van der Waals surface area (Å²) in [5.74, 6) is -1.45. The third kappa shape index (κ3) is 5.69. The van der Waals surface area contributed by atoms with Gasteiger partial charge in [0.25, 0.3) is 0 Å². The van der Waals surface area contributed by atoms with Crippen molar-refractivity contribution in [3.63, 3.8) is 0 Å². The molecule has 1 aliphatic heterocycles. The quantitative estimate of drug-likeness (QED) is 0.327. The Bertz CT molecular complexity index is 1250. The Balaban J connectivity index is 1.82. The number of carboxylic acids is 1. The molecule has 4 atom stereocenters. The third-order valence-electron chi connectivity index (χ3n) is 6.28. The molecule has 3 aromatic rings. The average Bonchev–Trinajstić information content (AvgIpc) is 2.82. The van der Waals surface area contributed by atoms with Crippen molar-refractivity contribution in [3.05, 3.63) is 111 Å². The van der Waals surface area contributed by atoms with Gasteiger partial charge in [0.1, 0.15) is 11.6 Å². The van der Waals surface area contributed by atoms with Gasteiger partial charge in [-0.05, 0) is 54.8 Å². The number of rotatable bonds is 7. The second kappa shape index (κ2) is 10.8. The minimum absolute atomic E-state index is 0.144. The molecule has 1 fully saturated rings. The fraction of sp³-hybridized carbons (Fsp3) is 0.250. The highest BCUT2D eigenvalue weighted by molar-refractivity contribution is 6.31. The molecule has 0 radical (unpaired) electrons. The highest BCUT2D eigenvalue weighted by atomic mass is 35.5. The molecule has 7 heteroatoms. The summed E-state index contributed by atoms with van der Waals surface area (Å²) in [4.78, 5) is 11.2. The van der Waals surface area contributed by atoms with Gasteiger partial charge in [-0.1, -0.05) is 71.8 Å². The molecule has 0 aromatic heterocycles. The third-order valence-corrected chi connectivity index (χ3v) is 6.86. The normalized spacial score (nSPS) is 21.9. The van der Waals surface area contributed by atoms with E-state index in [1.165, 1.54) is 12.1 Å². The Morgan fingerprint density at radius 3 is 2.54 bits per heavy atom. The van der Waals surface area contributed by atoms with Gasteiger partial charge in [-0.3, -0.25) is 0 Å². The maximum absolute atomic E-state index is 14.3. The second-order valence-electron chi connectivity index (χ2n) is 8.71. The lowest BCUT2D eigenvalue weighted by Crippen LogP contribution is -2.32. The van der Waals surface area contributed by atoms with Gasteiger partial charge in [-0.15, -0.1) is 0 Å². The highest BCUT2D eigenvalue weighted by Gasteiger charge is 2.42. The smallest absolute Gasteiger partial charge is 0.341 e. The predicted molar refractivity (Wildman–Crippen MR) is 135 cm³/mol. The van der Waals surface area contributed by atoms with E-state index < -0.39 is 24.8 Å². The van der Waals surface area contributed by atoms with Crippen LogP contribution in [0.15, 0.2) is 78.9 Å². The lowest BCUT2D eigenvalue weighted by molar-refractivity contribution is -0.139. The molecule has 0 unspecified atom stereocenters. The van der Waals surface area contributed by atoms with Gasteiger partial charge in [0.2, 0.25) is 0 Å². The summed E-state index contributed by atoms with van der Waals surface area (Å²) in [5, 5.41) is 10.2. The lowest BCUT2D eigenvalue weighted by atomic mass is 9.74. The zero-order valence-electron chi connectivity index (χ0n) is 19.1. The van der Waals surface area contributed by atoms with Gasteiger partial charge in [0.05, 0.1) is 12.2 Å². The summed E-state index contributed by atoms with van der Waals surface area (Å²) in [5.41, 5.74) is 3.14. The van der Waals surface area contributed by atoms with Gasteiger partial charge in [-0.2, -0.15) is 0 Å². The van der Waals surface area contributed by atoms with Crippen LogP contribution in [0.1, 0.15) is 48.2 Å². The number of halogens is 3. The Morgan fingerprint density at radius 1 is 1.09 bits per heavy atom. The van der Waals surface area contributed by atoms with Crippen molar-refractivity contribution in [2.75, 3.05) is 6.61 Å². The van der Waals surface area contributed by atoms with Gasteiger partial charge < -0.3 is 14.6 Å². The van der Waals surface area contributed by atoms with E-state index >= 15 is 0 Å². The number of carboxylic acid groups (broad SMARTS) is 1. The van der Waals surface area contributed by atoms with Crippen LogP contribution < -0.4 is 4.74 Å². The first kappa shape index (κ1) is 25.2. The molecule has 35 heavy (non-hydrogen) atoms.